The van der Waals surface area contributed by atoms with E-state index in [-0.39, 0.29) is 0 Å². The number of thiazole rings is 1. The molecule has 0 aliphatic rings. The summed E-state index contributed by atoms with van der Waals surface area (Å²) in [5.41, 5.74) is 2.14. The molecule has 0 unspecified atom stereocenters. The van der Waals surface area contributed by atoms with Gasteiger partial charge in [-0.1, -0.05) is 29.8 Å². The number of hydrogen-bond acceptors (Lipinski definition) is 3. The Balaban J connectivity index is 1.97. The molecule has 18 heavy (non-hydrogen) atoms. The molecule has 1 aromatic carbocycles. The Kier molecular flexibility index (Phi) is 4.93. The van der Waals surface area contributed by atoms with Gasteiger partial charge in [-0.15, -0.1) is 17.9 Å². The molecule has 0 spiro atoms. The first kappa shape index (κ1) is 13.3. The number of hydrogen-bond donors (Lipinski definition) is 1. The molecule has 2 aromatic rings. The van der Waals surface area contributed by atoms with Gasteiger partial charge in [0.05, 0.1) is 10.7 Å². The first-order valence-electron chi connectivity index (χ1n) is 5.81. The van der Waals surface area contributed by atoms with Crippen molar-refractivity contribution in [2.45, 2.75) is 6.42 Å². The molecule has 0 fully saturated rings. The van der Waals surface area contributed by atoms with Gasteiger partial charge in [0.25, 0.3) is 0 Å². The molecule has 2 nitrogen and oxygen atoms in total. The average Bonchev–Trinajstić information content (AvgIpc) is 2.84. The molecule has 0 aliphatic heterocycles. The Labute approximate surface area is 116 Å². The van der Waals surface area contributed by atoms with Gasteiger partial charge in [0.15, 0.2) is 0 Å². The maximum Gasteiger partial charge on any atom is 0.0945 e. The van der Waals surface area contributed by atoms with Crippen LogP contribution in [-0.2, 0) is 6.42 Å². The van der Waals surface area contributed by atoms with Crippen LogP contribution in [0.1, 0.15) is 5.01 Å². The number of nitrogens with one attached hydrogen (secondary N) is 1. The maximum atomic E-state index is 5.87. The van der Waals surface area contributed by atoms with Gasteiger partial charge in [0.1, 0.15) is 0 Å². The van der Waals surface area contributed by atoms with Gasteiger partial charge in [0, 0.05) is 35.5 Å². The van der Waals surface area contributed by atoms with Crippen molar-refractivity contribution in [2.24, 2.45) is 0 Å². The van der Waals surface area contributed by atoms with E-state index < -0.39 is 0 Å². The van der Waals surface area contributed by atoms with E-state index >= 15 is 0 Å². The van der Waals surface area contributed by atoms with E-state index in [9.17, 15) is 0 Å². The molecule has 0 radical (unpaired) electrons. The molecular weight excluding hydrogens is 264 g/mol. The summed E-state index contributed by atoms with van der Waals surface area (Å²) in [5.74, 6) is 0. The minimum absolute atomic E-state index is 0.753. The number of nitrogens with zero attached hydrogens (tertiary/aromatic N) is 1. The van der Waals surface area contributed by atoms with Crippen molar-refractivity contribution < 1.29 is 0 Å². The van der Waals surface area contributed by atoms with E-state index in [1.165, 1.54) is 0 Å². The van der Waals surface area contributed by atoms with E-state index in [1.807, 2.05) is 30.3 Å². The monoisotopic (exact) mass is 278 g/mol. The summed E-state index contributed by atoms with van der Waals surface area (Å²) < 4.78 is 0. The Hall–Kier alpha value is -1.16. The van der Waals surface area contributed by atoms with E-state index in [0.717, 1.165) is 40.8 Å². The molecule has 0 amide bonds. The summed E-state index contributed by atoms with van der Waals surface area (Å²) in [4.78, 5) is 4.62. The van der Waals surface area contributed by atoms with Crippen LogP contribution in [0.2, 0.25) is 5.02 Å². The van der Waals surface area contributed by atoms with Crippen LogP contribution in [0.25, 0.3) is 11.3 Å². The lowest BCUT2D eigenvalue weighted by atomic mass is 10.2. The molecular formula is C14H15ClN2S. The minimum atomic E-state index is 0.753. The fourth-order valence-corrected chi connectivity index (χ4v) is 2.51. The summed E-state index contributed by atoms with van der Waals surface area (Å²) >= 11 is 7.57. The predicted molar refractivity (Wildman–Crippen MR) is 79.3 cm³/mol. The third kappa shape index (κ3) is 3.67. The standard InChI is InChI=1S/C14H15ClN2S/c1-2-8-16-9-7-14-17-13(10-18-14)11-3-5-12(15)6-4-11/h2-6,10,16H,1,7-9H2. The van der Waals surface area contributed by atoms with Crippen LogP contribution in [-0.4, -0.2) is 18.1 Å². The Bertz CT molecular complexity index is 505. The first-order valence-corrected chi connectivity index (χ1v) is 7.07. The molecule has 0 saturated heterocycles. The minimum Gasteiger partial charge on any atom is -0.313 e. The van der Waals surface area contributed by atoms with Gasteiger partial charge in [-0.25, -0.2) is 4.98 Å². The molecule has 0 bridgehead atoms. The normalized spacial score (nSPS) is 10.5. The summed E-state index contributed by atoms with van der Waals surface area (Å²) in [5, 5.41) is 7.26. The van der Waals surface area contributed by atoms with Crippen LogP contribution in [0.4, 0.5) is 0 Å². The summed E-state index contributed by atoms with van der Waals surface area (Å²) in [6, 6.07) is 7.78. The second-order valence-corrected chi connectivity index (χ2v) is 5.26. The van der Waals surface area contributed by atoms with Crippen molar-refractivity contribution in [3.63, 3.8) is 0 Å². The second-order valence-electron chi connectivity index (χ2n) is 3.88. The van der Waals surface area contributed by atoms with Gasteiger partial charge < -0.3 is 5.32 Å². The lowest BCUT2D eigenvalue weighted by molar-refractivity contribution is 0.742. The van der Waals surface area contributed by atoms with Gasteiger partial charge in [0.2, 0.25) is 0 Å². The molecule has 94 valence electrons. The van der Waals surface area contributed by atoms with Crippen LogP contribution >= 0.6 is 22.9 Å². The highest BCUT2D eigenvalue weighted by atomic mass is 35.5. The zero-order valence-corrected chi connectivity index (χ0v) is 11.6. The van der Waals surface area contributed by atoms with Crippen LogP contribution < -0.4 is 5.32 Å². The summed E-state index contributed by atoms with van der Waals surface area (Å²) in [7, 11) is 0. The molecule has 4 heteroatoms. The molecule has 1 aromatic heterocycles. The molecule has 2 rings (SSSR count). The van der Waals surface area contributed by atoms with Gasteiger partial charge in [-0.2, -0.15) is 0 Å². The van der Waals surface area contributed by atoms with E-state index in [4.69, 9.17) is 11.6 Å². The zero-order chi connectivity index (χ0) is 12.8. The lowest BCUT2D eigenvalue weighted by Crippen LogP contribution is -2.16. The molecule has 0 atom stereocenters. The highest BCUT2D eigenvalue weighted by Crippen LogP contribution is 2.23. The number of aromatic nitrogens is 1. The molecule has 1 heterocycles. The third-order valence-corrected chi connectivity index (χ3v) is 3.66. The van der Waals surface area contributed by atoms with Crippen LogP contribution in [0.3, 0.4) is 0 Å². The first-order chi connectivity index (χ1) is 8.79. The summed E-state index contributed by atoms with van der Waals surface area (Å²) in [6.07, 6.45) is 2.81. The quantitative estimate of drug-likeness (QED) is 0.642. The highest BCUT2D eigenvalue weighted by Gasteiger charge is 2.04. The number of halogens is 1. The van der Waals surface area contributed by atoms with E-state index in [0.29, 0.717) is 0 Å². The summed E-state index contributed by atoms with van der Waals surface area (Å²) in [6.45, 7) is 5.44. The van der Waals surface area contributed by atoms with Crippen molar-refractivity contribution in [2.75, 3.05) is 13.1 Å². The fraction of sp³-hybridized carbons (Fsp3) is 0.214. The van der Waals surface area contributed by atoms with Gasteiger partial charge in [-0.3, -0.25) is 0 Å². The Morgan fingerprint density at radius 3 is 2.83 bits per heavy atom. The molecule has 1 N–H and O–H groups in total. The average molecular weight is 279 g/mol. The molecule has 0 saturated carbocycles. The van der Waals surface area contributed by atoms with Crippen molar-refractivity contribution in [3.05, 3.63) is 52.3 Å². The zero-order valence-electron chi connectivity index (χ0n) is 10.0. The van der Waals surface area contributed by atoms with Crippen molar-refractivity contribution >= 4 is 22.9 Å². The third-order valence-electron chi connectivity index (χ3n) is 2.50. The largest absolute Gasteiger partial charge is 0.313 e. The van der Waals surface area contributed by atoms with Crippen LogP contribution in [0, 0.1) is 0 Å². The Morgan fingerprint density at radius 1 is 1.33 bits per heavy atom. The van der Waals surface area contributed by atoms with Gasteiger partial charge >= 0.3 is 0 Å². The smallest absolute Gasteiger partial charge is 0.0945 e. The maximum absolute atomic E-state index is 5.87. The van der Waals surface area contributed by atoms with Crippen molar-refractivity contribution in [3.8, 4) is 11.3 Å². The fourth-order valence-electron chi connectivity index (χ4n) is 1.58. The predicted octanol–water partition coefficient (Wildman–Crippen LogP) is 3.78. The van der Waals surface area contributed by atoms with Crippen LogP contribution in [0.15, 0.2) is 42.3 Å². The number of benzene rings is 1. The topological polar surface area (TPSA) is 24.9 Å². The second kappa shape index (κ2) is 6.69. The van der Waals surface area contributed by atoms with E-state index in [2.05, 4.69) is 22.3 Å². The number of rotatable bonds is 6. The van der Waals surface area contributed by atoms with Crippen molar-refractivity contribution in [1.82, 2.24) is 10.3 Å². The Morgan fingerprint density at radius 2 is 2.11 bits per heavy atom. The molecule has 0 aliphatic carbocycles. The van der Waals surface area contributed by atoms with E-state index in [1.54, 1.807) is 11.3 Å². The lowest BCUT2D eigenvalue weighted by Gasteiger charge is -1.98. The van der Waals surface area contributed by atoms with Gasteiger partial charge in [-0.05, 0) is 12.1 Å². The SMILES string of the molecule is C=CCNCCc1nc(-c2ccc(Cl)cc2)cs1. The van der Waals surface area contributed by atoms with Crippen molar-refractivity contribution in [1.29, 1.82) is 0 Å². The van der Waals surface area contributed by atoms with Crippen LogP contribution in [0.5, 0.6) is 0 Å². The highest BCUT2D eigenvalue weighted by molar-refractivity contribution is 7.09.